The fraction of sp³-hybridized carbons (Fsp3) is 0.158. The number of amides is 1. The van der Waals surface area contributed by atoms with Gasteiger partial charge in [0.2, 0.25) is 0 Å². The molecule has 0 aliphatic heterocycles. The molecule has 0 spiro atoms. The van der Waals surface area contributed by atoms with Gasteiger partial charge < -0.3 is 14.2 Å². The van der Waals surface area contributed by atoms with E-state index in [4.69, 9.17) is 26.3 Å². The summed E-state index contributed by atoms with van der Waals surface area (Å²) >= 11 is 6.14. The maximum absolute atomic E-state index is 13.8. The highest BCUT2D eigenvalue weighted by molar-refractivity contribution is 6.32. The Labute approximate surface area is 170 Å². The molecule has 1 N–H and O–H groups in total. The number of nitrogens with zero attached hydrogens (tertiary/aromatic N) is 2. The molecule has 10 heteroatoms. The Morgan fingerprint density at radius 1 is 1.31 bits per heavy atom. The van der Waals surface area contributed by atoms with Gasteiger partial charge in [-0.05, 0) is 35.9 Å². The first-order valence-corrected chi connectivity index (χ1v) is 8.37. The minimum Gasteiger partial charge on any atom is -0.493 e. The van der Waals surface area contributed by atoms with Crippen molar-refractivity contribution < 1.29 is 28.2 Å². The van der Waals surface area contributed by atoms with Crippen molar-refractivity contribution in [2.75, 3.05) is 20.8 Å². The minimum atomic E-state index is -0.839. The normalized spacial score (nSPS) is 10.3. The highest BCUT2D eigenvalue weighted by atomic mass is 35.5. The van der Waals surface area contributed by atoms with Crippen molar-refractivity contribution in [1.29, 1.82) is 5.26 Å². The number of methoxy groups -OCH3 is 2. The molecule has 0 aliphatic carbocycles. The highest BCUT2D eigenvalue weighted by Gasteiger charge is 2.14. The molecule has 0 radical (unpaired) electrons. The number of nitriles is 1. The number of rotatable bonds is 7. The standard InChI is InChI=1S/C19H15ClFN3O5/c1-27-16-7-12(5-14(20)18(16)29-10-17(25)28-2)9-23-24-19(26)13-4-3-11(8-22)6-15(13)21/h3-7,9H,10H2,1-2H3,(H,24,26)/b23-9-. The lowest BCUT2D eigenvalue weighted by Crippen LogP contribution is -2.19. The largest absolute Gasteiger partial charge is 0.493 e. The molecule has 0 saturated carbocycles. The third-order valence-electron chi connectivity index (χ3n) is 3.54. The van der Waals surface area contributed by atoms with Gasteiger partial charge in [-0.2, -0.15) is 10.4 Å². The van der Waals surface area contributed by atoms with Crippen LogP contribution in [0.5, 0.6) is 11.5 Å². The number of ether oxygens (including phenoxy) is 3. The van der Waals surface area contributed by atoms with Crippen LogP contribution in [-0.4, -0.2) is 38.9 Å². The summed E-state index contributed by atoms with van der Waals surface area (Å²) in [6, 6.07) is 8.21. The molecule has 29 heavy (non-hydrogen) atoms. The van der Waals surface area contributed by atoms with Gasteiger partial charge in [0.25, 0.3) is 5.91 Å². The highest BCUT2D eigenvalue weighted by Crippen LogP contribution is 2.36. The number of nitrogens with one attached hydrogen (secondary N) is 1. The van der Waals surface area contributed by atoms with Gasteiger partial charge in [-0.15, -0.1) is 0 Å². The molecule has 0 saturated heterocycles. The molecule has 1 amide bonds. The summed E-state index contributed by atoms with van der Waals surface area (Å²) in [5.41, 5.74) is 2.45. The second kappa shape index (κ2) is 10.1. The average molecular weight is 420 g/mol. The Bertz CT molecular complexity index is 1000. The zero-order valence-electron chi connectivity index (χ0n) is 15.4. The van der Waals surface area contributed by atoms with Crippen LogP contribution in [0.2, 0.25) is 5.02 Å². The second-order valence-corrected chi connectivity index (χ2v) is 5.81. The first-order valence-electron chi connectivity index (χ1n) is 7.99. The zero-order chi connectivity index (χ0) is 21.4. The number of hydrogen-bond donors (Lipinski definition) is 1. The van der Waals surface area contributed by atoms with Gasteiger partial charge in [0, 0.05) is 0 Å². The maximum atomic E-state index is 13.8. The third kappa shape index (κ3) is 5.67. The van der Waals surface area contributed by atoms with E-state index in [2.05, 4.69) is 15.3 Å². The first kappa shape index (κ1) is 21.7. The molecule has 0 atom stereocenters. The van der Waals surface area contributed by atoms with Crippen LogP contribution in [0, 0.1) is 17.1 Å². The number of hydrogen-bond acceptors (Lipinski definition) is 7. The fourth-order valence-corrected chi connectivity index (χ4v) is 2.41. The predicted octanol–water partition coefficient (Wildman–Crippen LogP) is 2.68. The monoisotopic (exact) mass is 419 g/mol. The SMILES string of the molecule is COC(=O)COc1c(Cl)cc(/C=N\NC(=O)c2ccc(C#N)cc2F)cc1OC. The number of benzene rings is 2. The number of hydrazone groups is 1. The molecule has 2 aromatic rings. The Hall–Kier alpha value is -3.64. The predicted molar refractivity (Wildman–Crippen MR) is 102 cm³/mol. The summed E-state index contributed by atoms with van der Waals surface area (Å²) in [7, 11) is 2.61. The van der Waals surface area contributed by atoms with Crippen molar-refractivity contribution in [3.63, 3.8) is 0 Å². The van der Waals surface area contributed by atoms with E-state index >= 15 is 0 Å². The van der Waals surface area contributed by atoms with Crippen LogP contribution in [0.1, 0.15) is 21.5 Å². The number of halogens is 2. The second-order valence-electron chi connectivity index (χ2n) is 5.40. The van der Waals surface area contributed by atoms with E-state index in [0.717, 1.165) is 6.07 Å². The fourth-order valence-electron chi connectivity index (χ4n) is 2.14. The van der Waals surface area contributed by atoms with Gasteiger partial charge in [0.15, 0.2) is 18.1 Å². The molecule has 0 aliphatic rings. The van der Waals surface area contributed by atoms with Crippen molar-refractivity contribution in [2.24, 2.45) is 5.10 Å². The lowest BCUT2D eigenvalue weighted by Gasteiger charge is -2.12. The van der Waals surface area contributed by atoms with Crippen molar-refractivity contribution in [3.05, 3.63) is 57.9 Å². The van der Waals surface area contributed by atoms with Gasteiger partial charge in [0.05, 0.1) is 42.7 Å². The molecular formula is C19H15ClFN3O5. The van der Waals surface area contributed by atoms with Crippen LogP contribution in [0.25, 0.3) is 0 Å². The van der Waals surface area contributed by atoms with E-state index in [1.807, 2.05) is 0 Å². The number of esters is 1. The summed E-state index contributed by atoms with van der Waals surface area (Å²) in [6.45, 7) is -0.355. The Morgan fingerprint density at radius 2 is 2.07 bits per heavy atom. The topological polar surface area (TPSA) is 110 Å². The number of carbonyl (C=O) groups excluding carboxylic acids is 2. The van der Waals surface area contributed by atoms with Gasteiger partial charge in [-0.3, -0.25) is 4.79 Å². The van der Waals surface area contributed by atoms with Crippen LogP contribution in [0.4, 0.5) is 4.39 Å². The molecule has 0 bridgehead atoms. The van der Waals surface area contributed by atoms with E-state index < -0.39 is 17.7 Å². The van der Waals surface area contributed by atoms with Crippen LogP contribution < -0.4 is 14.9 Å². The average Bonchev–Trinajstić information content (AvgIpc) is 2.71. The smallest absolute Gasteiger partial charge is 0.343 e. The molecule has 8 nitrogen and oxygen atoms in total. The van der Waals surface area contributed by atoms with Crippen molar-refractivity contribution in [1.82, 2.24) is 5.43 Å². The molecule has 0 unspecified atom stereocenters. The molecule has 2 aromatic carbocycles. The summed E-state index contributed by atoms with van der Waals surface area (Å²) < 4.78 is 28.8. The summed E-state index contributed by atoms with van der Waals surface area (Å²) in [4.78, 5) is 23.2. The summed E-state index contributed by atoms with van der Waals surface area (Å²) in [5, 5.41) is 12.6. The summed E-state index contributed by atoms with van der Waals surface area (Å²) in [5.74, 6) is -1.85. The Balaban J connectivity index is 2.12. The lowest BCUT2D eigenvalue weighted by molar-refractivity contribution is -0.142. The van der Waals surface area contributed by atoms with Gasteiger partial charge in [-0.1, -0.05) is 11.6 Å². The maximum Gasteiger partial charge on any atom is 0.343 e. The molecule has 2 rings (SSSR count). The van der Waals surface area contributed by atoms with Crippen LogP contribution in [0.3, 0.4) is 0 Å². The number of carbonyl (C=O) groups is 2. The summed E-state index contributed by atoms with van der Waals surface area (Å²) in [6.07, 6.45) is 1.26. The van der Waals surface area contributed by atoms with E-state index in [1.165, 1.54) is 44.7 Å². The third-order valence-corrected chi connectivity index (χ3v) is 3.82. The van der Waals surface area contributed by atoms with Gasteiger partial charge >= 0.3 is 5.97 Å². The van der Waals surface area contributed by atoms with Crippen LogP contribution >= 0.6 is 11.6 Å². The van der Waals surface area contributed by atoms with Crippen molar-refractivity contribution in [3.8, 4) is 17.6 Å². The molecule has 0 aromatic heterocycles. The Morgan fingerprint density at radius 3 is 2.69 bits per heavy atom. The molecule has 0 heterocycles. The van der Waals surface area contributed by atoms with Crippen LogP contribution in [0.15, 0.2) is 35.4 Å². The van der Waals surface area contributed by atoms with Crippen molar-refractivity contribution in [2.45, 2.75) is 0 Å². The first-order chi connectivity index (χ1) is 13.9. The zero-order valence-corrected chi connectivity index (χ0v) is 16.1. The van der Waals surface area contributed by atoms with Gasteiger partial charge in [-0.25, -0.2) is 14.6 Å². The minimum absolute atomic E-state index is 0.0961. The van der Waals surface area contributed by atoms with E-state index in [-0.39, 0.29) is 34.3 Å². The van der Waals surface area contributed by atoms with Crippen molar-refractivity contribution >= 4 is 29.7 Å². The molecular weight excluding hydrogens is 405 g/mol. The Kier molecular flexibility index (Phi) is 7.51. The van der Waals surface area contributed by atoms with E-state index in [9.17, 15) is 14.0 Å². The molecule has 0 fully saturated rings. The van der Waals surface area contributed by atoms with Crippen LogP contribution in [-0.2, 0) is 9.53 Å². The van der Waals surface area contributed by atoms with E-state index in [1.54, 1.807) is 6.07 Å². The van der Waals surface area contributed by atoms with E-state index in [0.29, 0.717) is 5.56 Å². The van der Waals surface area contributed by atoms with Gasteiger partial charge in [0.1, 0.15) is 5.82 Å². The lowest BCUT2D eigenvalue weighted by atomic mass is 10.1. The quantitative estimate of drug-likeness (QED) is 0.419. The molecule has 150 valence electrons.